The Morgan fingerprint density at radius 2 is 1.12 bits per heavy atom. The highest BCUT2D eigenvalue weighted by atomic mass is 28.4. The Bertz CT molecular complexity index is 321. The molecule has 0 unspecified atom stereocenters. The van der Waals surface area contributed by atoms with E-state index in [1.807, 2.05) is 0 Å². The maximum atomic E-state index is 7.48. The molecular formula is C22H46OSi. The molecule has 1 aliphatic heterocycles. The second-order valence-electron chi connectivity index (χ2n) is 8.56. The molecule has 0 atom stereocenters. The zero-order valence-electron chi connectivity index (χ0n) is 17.8. The fraction of sp³-hybridized carbons (Fsp3) is 1.00. The molecule has 1 nitrogen and oxygen atoms in total. The number of rotatable bonds is 12. The van der Waals surface area contributed by atoms with Crippen molar-refractivity contribution in [1.29, 1.82) is 0 Å². The van der Waals surface area contributed by atoms with E-state index in [1.165, 1.54) is 88.8 Å². The normalized spacial score (nSPS) is 21.8. The molecular weight excluding hydrogens is 308 g/mol. The van der Waals surface area contributed by atoms with E-state index in [4.69, 9.17) is 4.43 Å². The molecule has 2 heteroatoms. The molecule has 24 heavy (non-hydrogen) atoms. The number of hydrogen-bond donors (Lipinski definition) is 0. The van der Waals surface area contributed by atoms with Gasteiger partial charge in [0.2, 0.25) is 0 Å². The fourth-order valence-corrected chi connectivity index (χ4v) is 11.1. The third-order valence-electron chi connectivity index (χ3n) is 6.61. The van der Waals surface area contributed by atoms with Crippen molar-refractivity contribution in [2.45, 2.75) is 136 Å². The lowest BCUT2D eigenvalue weighted by Gasteiger charge is -2.60. The Balaban J connectivity index is 3.30. The monoisotopic (exact) mass is 354 g/mol. The summed E-state index contributed by atoms with van der Waals surface area (Å²) in [4.78, 5) is 0. The van der Waals surface area contributed by atoms with Crippen molar-refractivity contribution in [3.05, 3.63) is 0 Å². The summed E-state index contributed by atoms with van der Waals surface area (Å²) in [5.41, 5.74) is 0.651. The van der Waals surface area contributed by atoms with E-state index < -0.39 is 8.32 Å². The van der Waals surface area contributed by atoms with Crippen LogP contribution in [0.25, 0.3) is 0 Å². The molecule has 0 amide bonds. The molecule has 0 radical (unpaired) electrons. The molecule has 0 aromatic rings. The van der Waals surface area contributed by atoms with Crippen molar-refractivity contribution in [3.8, 4) is 0 Å². The highest BCUT2D eigenvalue weighted by Gasteiger charge is 2.57. The van der Waals surface area contributed by atoms with Gasteiger partial charge in [-0.05, 0) is 55.7 Å². The van der Waals surface area contributed by atoms with Crippen LogP contribution in [0.2, 0.25) is 18.1 Å². The van der Waals surface area contributed by atoms with E-state index in [1.54, 1.807) is 0 Å². The highest BCUT2D eigenvalue weighted by Crippen LogP contribution is 2.58. The van der Waals surface area contributed by atoms with E-state index >= 15 is 0 Å². The van der Waals surface area contributed by atoms with E-state index in [0.29, 0.717) is 5.41 Å². The highest BCUT2D eigenvalue weighted by molar-refractivity contribution is 6.74. The van der Waals surface area contributed by atoms with Crippen LogP contribution in [-0.4, -0.2) is 13.9 Å². The van der Waals surface area contributed by atoms with Crippen LogP contribution in [0.1, 0.15) is 112 Å². The first-order valence-electron chi connectivity index (χ1n) is 11.2. The van der Waals surface area contributed by atoms with Gasteiger partial charge in [0.25, 0.3) is 0 Å². The van der Waals surface area contributed by atoms with Gasteiger partial charge in [-0.15, -0.1) is 0 Å². The van der Waals surface area contributed by atoms with Crippen molar-refractivity contribution in [3.63, 3.8) is 0 Å². The summed E-state index contributed by atoms with van der Waals surface area (Å²) in [6.07, 6.45) is 14.6. The molecule has 144 valence electrons. The lowest BCUT2D eigenvalue weighted by atomic mass is 9.61. The van der Waals surface area contributed by atoms with Gasteiger partial charge in [-0.25, -0.2) is 0 Å². The molecule has 1 heterocycles. The summed E-state index contributed by atoms with van der Waals surface area (Å²) < 4.78 is 7.48. The zero-order valence-corrected chi connectivity index (χ0v) is 18.8. The van der Waals surface area contributed by atoms with Gasteiger partial charge in [0.1, 0.15) is 0 Å². The largest absolute Gasteiger partial charge is 0.411 e. The van der Waals surface area contributed by atoms with Gasteiger partial charge in [0.15, 0.2) is 8.32 Å². The molecule has 0 bridgehead atoms. The maximum absolute atomic E-state index is 7.48. The standard InChI is InChI=1S/C22H46OSi/c1-7-13-21(14-8-2)17-20-24(18-11-5,19-12-6)23-22(21,15-9-3)16-10-4/h7-20H2,1-6H3. The van der Waals surface area contributed by atoms with E-state index in [9.17, 15) is 0 Å². The van der Waals surface area contributed by atoms with Crippen LogP contribution in [0.15, 0.2) is 0 Å². The summed E-state index contributed by atoms with van der Waals surface area (Å²) in [6, 6.07) is 4.22. The minimum absolute atomic E-state index is 0.192. The Hall–Kier alpha value is 0.177. The topological polar surface area (TPSA) is 9.23 Å². The first-order chi connectivity index (χ1) is 11.5. The molecule has 0 saturated carbocycles. The molecule has 1 rings (SSSR count). The molecule has 0 aromatic carbocycles. The minimum atomic E-state index is -1.54. The van der Waals surface area contributed by atoms with Crippen LogP contribution >= 0.6 is 0 Å². The van der Waals surface area contributed by atoms with Gasteiger partial charge in [-0.1, -0.05) is 80.1 Å². The van der Waals surface area contributed by atoms with E-state index in [0.717, 1.165) is 0 Å². The first kappa shape index (κ1) is 22.2. The molecule has 1 fully saturated rings. The summed E-state index contributed by atoms with van der Waals surface area (Å²) in [7, 11) is -1.54. The molecule has 1 saturated heterocycles. The predicted molar refractivity (Wildman–Crippen MR) is 111 cm³/mol. The fourth-order valence-electron chi connectivity index (χ4n) is 6.01. The van der Waals surface area contributed by atoms with Crippen molar-refractivity contribution in [2.75, 3.05) is 0 Å². The number of hydrogen-bond acceptors (Lipinski definition) is 1. The van der Waals surface area contributed by atoms with Crippen LogP contribution in [0, 0.1) is 5.41 Å². The molecule has 0 aliphatic carbocycles. The van der Waals surface area contributed by atoms with Gasteiger partial charge in [0, 0.05) is 0 Å². The summed E-state index contributed by atoms with van der Waals surface area (Å²) in [5.74, 6) is 0. The average Bonchev–Trinajstić information content (AvgIpc) is 2.53. The molecule has 0 aromatic heterocycles. The van der Waals surface area contributed by atoms with Crippen LogP contribution in [0.5, 0.6) is 0 Å². The molecule has 0 spiro atoms. The lowest BCUT2D eigenvalue weighted by molar-refractivity contribution is -0.114. The van der Waals surface area contributed by atoms with Gasteiger partial charge in [-0.3, -0.25) is 0 Å². The third kappa shape index (κ3) is 4.66. The third-order valence-corrected chi connectivity index (χ3v) is 11.4. The first-order valence-corrected chi connectivity index (χ1v) is 13.8. The van der Waals surface area contributed by atoms with E-state index in [-0.39, 0.29) is 5.60 Å². The predicted octanol–water partition coefficient (Wildman–Crippen LogP) is 8.10. The maximum Gasteiger partial charge on any atom is 0.193 e. The quantitative estimate of drug-likeness (QED) is 0.322. The smallest absolute Gasteiger partial charge is 0.193 e. The Labute approximate surface area is 154 Å². The van der Waals surface area contributed by atoms with Gasteiger partial charge >= 0.3 is 0 Å². The summed E-state index contributed by atoms with van der Waals surface area (Å²) in [6.45, 7) is 14.3. The Morgan fingerprint density at radius 1 is 0.667 bits per heavy atom. The Morgan fingerprint density at radius 3 is 1.50 bits per heavy atom. The van der Waals surface area contributed by atoms with Crippen LogP contribution in [0.4, 0.5) is 0 Å². The van der Waals surface area contributed by atoms with Gasteiger partial charge in [-0.2, -0.15) is 0 Å². The van der Waals surface area contributed by atoms with Gasteiger partial charge < -0.3 is 4.43 Å². The van der Waals surface area contributed by atoms with Crippen LogP contribution < -0.4 is 0 Å². The lowest BCUT2D eigenvalue weighted by Crippen LogP contribution is -2.61. The van der Waals surface area contributed by atoms with Crippen LogP contribution in [-0.2, 0) is 4.43 Å². The van der Waals surface area contributed by atoms with Crippen molar-refractivity contribution >= 4 is 8.32 Å². The zero-order chi connectivity index (χ0) is 18.1. The van der Waals surface area contributed by atoms with Crippen LogP contribution in [0.3, 0.4) is 0 Å². The molecule has 0 N–H and O–H groups in total. The SMILES string of the molecule is CCCC1(CCC)CC[Si](CCC)(CCC)OC1(CCC)CCC. The van der Waals surface area contributed by atoms with Crippen molar-refractivity contribution in [1.82, 2.24) is 0 Å². The summed E-state index contributed by atoms with van der Waals surface area (Å²) in [5, 5.41) is 0. The van der Waals surface area contributed by atoms with Crippen molar-refractivity contribution < 1.29 is 4.43 Å². The second-order valence-corrected chi connectivity index (χ2v) is 12.6. The summed E-state index contributed by atoms with van der Waals surface area (Å²) >= 11 is 0. The van der Waals surface area contributed by atoms with E-state index in [2.05, 4.69) is 41.5 Å². The average molecular weight is 355 g/mol. The Kier molecular flexibility index (Phi) is 9.59. The van der Waals surface area contributed by atoms with Crippen molar-refractivity contribution in [2.24, 2.45) is 5.41 Å². The van der Waals surface area contributed by atoms with Gasteiger partial charge in [0.05, 0.1) is 5.60 Å². The molecule has 1 aliphatic rings. The minimum Gasteiger partial charge on any atom is -0.411 e. The second kappa shape index (κ2) is 10.4.